The van der Waals surface area contributed by atoms with Crippen LogP contribution in [0.15, 0.2) is 35.4 Å². The molecule has 0 aromatic carbocycles. The van der Waals surface area contributed by atoms with Crippen molar-refractivity contribution in [3.63, 3.8) is 0 Å². The maximum Gasteiger partial charge on any atom is 0.180 e. The summed E-state index contributed by atoms with van der Waals surface area (Å²) >= 11 is 0. The Labute approximate surface area is 74.8 Å². The molecule has 66 valence electrons. The Bertz CT molecular complexity index is 389. The zero-order valence-electron chi connectivity index (χ0n) is 6.88. The molecule has 0 aliphatic carbocycles. The molecule has 2 heterocycles. The molecule has 2 aromatic heterocycles. The van der Waals surface area contributed by atoms with Gasteiger partial charge in [-0.15, -0.1) is 0 Å². The zero-order chi connectivity index (χ0) is 9.10. The van der Waals surface area contributed by atoms with Gasteiger partial charge in [0.2, 0.25) is 0 Å². The molecular formula is C9H8N2O2. The van der Waals surface area contributed by atoms with Crippen molar-refractivity contribution >= 4 is 6.29 Å². The van der Waals surface area contributed by atoms with Crippen LogP contribution in [-0.2, 0) is 6.54 Å². The Morgan fingerprint density at radius 1 is 1.62 bits per heavy atom. The van der Waals surface area contributed by atoms with E-state index in [4.69, 9.17) is 4.42 Å². The highest BCUT2D eigenvalue weighted by atomic mass is 16.3. The SMILES string of the molecule is O=Cc1cccn1Cc1cocn1. The van der Waals surface area contributed by atoms with Crippen molar-refractivity contribution in [1.82, 2.24) is 9.55 Å². The number of oxazole rings is 1. The first kappa shape index (κ1) is 7.79. The summed E-state index contributed by atoms with van der Waals surface area (Å²) in [6.07, 6.45) is 5.59. The Morgan fingerprint density at radius 3 is 3.23 bits per heavy atom. The van der Waals surface area contributed by atoms with E-state index in [9.17, 15) is 4.79 Å². The summed E-state index contributed by atoms with van der Waals surface area (Å²) in [5.74, 6) is 0. The number of nitrogens with zero attached hydrogens (tertiary/aromatic N) is 2. The van der Waals surface area contributed by atoms with E-state index in [0.29, 0.717) is 12.2 Å². The number of hydrogen-bond donors (Lipinski definition) is 0. The van der Waals surface area contributed by atoms with E-state index in [1.807, 2.05) is 16.8 Å². The molecule has 0 aliphatic heterocycles. The molecule has 4 nitrogen and oxygen atoms in total. The third-order valence-electron chi connectivity index (χ3n) is 1.80. The molecule has 0 unspecified atom stereocenters. The van der Waals surface area contributed by atoms with E-state index >= 15 is 0 Å². The molecule has 0 N–H and O–H groups in total. The highest BCUT2D eigenvalue weighted by Gasteiger charge is 2.01. The van der Waals surface area contributed by atoms with E-state index in [1.165, 1.54) is 6.39 Å². The van der Waals surface area contributed by atoms with Crippen LogP contribution in [-0.4, -0.2) is 15.8 Å². The first-order valence-electron chi connectivity index (χ1n) is 3.87. The lowest BCUT2D eigenvalue weighted by Gasteiger charge is -2.00. The van der Waals surface area contributed by atoms with Crippen molar-refractivity contribution in [3.8, 4) is 0 Å². The molecule has 0 saturated carbocycles. The first-order valence-corrected chi connectivity index (χ1v) is 3.87. The smallest absolute Gasteiger partial charge is 0.180 e. The Morgan fingerprint density at radius 2 is 2.54 bits per heavy atom. The second-order valence-corrected chi connectivity index (χ2v) is 2.66. The Hall–Kier alpha value is -1.84. The van der Waals surface area contributed by atoms with E-state index in [2.05, 4.69) is 4.98 Å². The van der Waals surface area contributed by atoms with Crippen molar-refractivity contribution in [2.24, 2.45) is 0 Å². The molecule has 0 bridgehead atoms. The van der Waals surface area contributed by atoms with E-state index in [1.54, 1.807) is 12.3 Å². The second kappa shape index (κ2) is 3.26. The maximum atomic E-state index is 10.6. The Balaban J connectivity index is 2.23. The van der Waals surface area contributed by atoms with Gasteiger partial charge in [0, 0.05) is 6.20 Å². The molecule has 0 aliphatic rings. The standard InChI is InChI=1S/C9H8N2O2/c12-5-9-2-1-3-11(9)4-8-6-13-7-10-8/h1-3,5-7H,4H2. The van der Waals surface area contributed by atoms with Crippen LogP contribution in [0.4, 0.5) is 0 Å². The van der Waals surface area contributed by atoms with Gasteiger partial charge in [0.15, 0.2) is 12.7 Å². The fourth-order valence-electron chi connectivity index (χ4n) is 1.17. The summed E-state index contributed by atoms with van der Waals surface area (Å²) in [7, 11) is 0. The molecule has 0 spiro atoms. The van der Waals surface area contributed by atoms with Crippen LogP contribution >= 0.6 is 0 Å². The normalized spacial score (nSPS) is 10.2. The molecule has 2 aromatic rings. The van der Waals surface area contributed by atoms with E-state index in [0.717, 1.165) is 12.0 Å². The Kier molecular flexibility index (Phi) is 1.96. The van der Waals surface area contributed by atoms with Crippen molar-refractivity contribution in [2.75, 3.05) is 0 Å². The van der Waals surface area contributed by atoms with Gasteiger partial charge in [-0.2, -0.15) is 0 Å². The highest BCUT2D eigenvalue weighted by molar-refractivity contribution is 5.72. The minimum absolute atomic E-state index is 0.567. The number of carbonyl (C=O) groups is 1. The summed E-state index contributed by atoms with van der Waals surface area (Å²) in [5, 5.41) is 0. The third-order valence-corrected chi connectivity index (χ3v) is 1.80. The van der Waals surface area contributed by atoms with Crippen LogP contribution in [0.1, 0.15) is 16.2 Å². The average Bonchev–Trinajstić information content (AvgIpc) is 2.76. The summed E-state index contributed by atoms with van der Waals surface area (Å²) < 4.78 is 6.63. The summed E-state index contributed by atoms with van der Waals surface area (Å²) in [5.41, 5.74) is 1.45. The van der Waals surface area contributed by atoms with Gasteiger partial charge in [-0.3, -0.25) is 4.79 Å². The summed E-state index contributed by atoms with van der Waals surface area (Å²) in [6, 6.07) is 3.58. The molecule has 2 rings (SSSR count). The summed E-state index contributed by atoms with van der Waals surface area (Å²) in [4.78, 5) is 14.5. The van der Waals surface area contributed by atoms with Gasteiger partial charge in [-0.05, 0) is 12.1 Å². The zero-order valence-corrected chi connectivity index (χ0v) is 6.88. The van der Waals surface area contributed by atoms with Gasteiger partial charge in [-0.25, -0.2) is 4.98 Å². The van der Waals surface area contributed by atoms with E-state index < -0.39 is 0 Å². The summed E-state index contributed by atoms with van der Waals surface area (Å²) in [6.45, 7) is 0.567. The lowest BCUT2D eigenvalue weighted by atomic mass is 10.4. The fourth-order valence-corrected chi connectivity index (χ4v) is 1.17. The minimum Gasteiger partial charge on any atom is -0.451 e. The minimum atomic E-state index is 0.567. The molecule has 0 radical (unpaired) electrons. The molecule has 0 saturated heterocycles. The van der Waals surface area contributed by atoms with Crippen molar-refractivity contribution < 1.29 is 9.21 Å². The number of hydrogen-bond acceptors (Lipinski definition) is 3. The third kappa shape index (κ3) is 1.51. The maximum absolute atomic E-state index is 10.6. The number of rotatable bonds is 3. The van der Waals surface area contributed by atoms with Crippen LogP contribution in [0.5, 0.6) is 0 Å². The van der Waals surface area contributed by atoms with Gasteiger partial charge in [-0.1, -0.05) is 0 Å². The predicted octanol–water partition coefficient (Wildman–Crippen LogP) is 1.34. The van der Waals surface area contributed by atoms with Crippen LogP contribution < -0.4 is 0 Å². The lowest BCUT2D eigenvalue weighted by molar-refractivity contribution is 0.111. The fraction of sp³-hybridized carbons (Fsp3) is 0.111. The number of carbonyl (C=O) groups excluding carboxylic acids is 1. The van der Waals surface area contributed by atoms with Crippen molar-refractivity contribution in [2.45, 2.75) is 6.54 Å². The molecule has 0 amide bonds. The number of aromatic nitrogens is 2. The molecule has 13 heavy (non-hydrogen) atoms. The average molecular weight is 176 g/mol. The largest absolute Gasteiger partial charge is 0.451 e. The van der Waals surface area contributed by atoms with Crippen molar-refractivity contribution in [3.05, 3.63) is 42.4 Å². The molecule has 0 atom stereocenters. The second-order valence-electron chi connectivity index (χ2n) is 2.66. The van der Waals surface area contributed by atoms with Crippen molar-refractivity contribution in [1.29, 1.82) is 0 Å². The van der Waals surface area contributed by atoms with Crippen LogP contribution in [0, 0.1) is 0 Å². The molecule has 0 fully saturated rings. The lowest BCUT2D eigenvalue weighted by Crippen LogP contribution is -2.02. The van der Waals surface area contributed by atoms with Gasteiger partial charge in [0.05, 0.1) is 17.9 Å². The van der Waals surface area contributed by atoms with Gasteiger partial charge < -0.3 is 8.98 Å². The molecule has 4 heteroatoms. The van der Waals surface area contributed by atoms with Gasteiger partial charge in [0.1, 0.15) is 6.26 Å². The van der Waals surface area contributed by atoms with Crippen LogP contribution in [0.25, 0.3) is 0 Å². The van der Waals surface area contributed by atoms with Gasteiger partial charge in [0.25, 0.3) is 0 Å². The van der Waals surface area contributed by atoms with E-state index in [-0.39, 0.29) is 0 Å². The highest BCUT2D eigenvalue weighted by Crippen LogP contribution is 2.03. The van der Waals surface area contributed by atoms with Crippen LogP contribution in [0.2, 0.25) is 0 Å². The monoisotopic (exact) mass is 176 g/mol. The first-order chi connectivity index (χ1) is 6.40. The van der Waals surface area contributed by atoms with Crippen LogP contribution in [0.3, 0.4) is 0 Å². The topological polar surface area (TPSA) is 48.0 Å². The van der Waals surface area contributed by atoms with Gasteiger partial charge >= 0.3 is 0 Å². The molecular weight excluding hydrogens is 168 g/mol. The quantitative estimate of drug-likeness (QED) is 0.663. The predicted molar refractivity (Wildman–Crippen MR) is 45.4 cm³/mol. The number of aldehydes is 1.